The average Bonchev–Trinajstić information content (AvgIpc) is 2.61. The first-order valence-electron chi connectivity index (χ1n) is 7.22. The van der Waals surface area contributed by atoms with Crippen LogP contribution in [0.15, 0.2) is 47.4 Å². The van der Waals surface area contributed by atoms with Gasteiger partial charge in [-0.2, -0.15) is 5.26 Å². The van der Waals surface area contributed by atoms with Crippen LogP contribution in [0.3, 0.4) is 0 Å². The van der Waals surface area contributed by atoms with Gasteiger partial charge in [0.2, 0.25) is 0 Å². The lowest BCUT2D eigenvalue weighted by Gasteiger charge is -2.31. The van der Waals surface area contributed by atoms with Crippen molar-refractivity contribution in [3.63, 3.8) is 0 Å². The van der Waals surface area contributed by atoms with Gasteiger partial charge in [-0.25, -0.2) is 8.42 Å². The number of fused-ring (bicyclic) bond motifs is 1. The molecule has 0 fully saturated rings. The Balaban J connectivity index is 2.24. The summed E-state index contributed by atoms with van der Waals surface area (Å²) in [6, 6.07) is 12.7. The quantitative estimate of drug-likeness (QED) is 0.854. The zero-order valence-electron chi connectivity index (χ0n) is 12.9. The van der Waals surface area contributed by atoms with Crippen molar-refractivity contribution in [2.75, 3.05) is 18.0 Å². The first-order chi connectivity index (χ1) is 11.5. The van der Waals surface area contributed by atoms with Gasteiger partial charge in [-0.15, -0.1) is 0 Å². The molecule has 1 aliphatic heterocycles. The molecule has 0 aromatic heterocycles. The zero-order chi connectivity index (χ0) is 17.3. The summed E-state index contributed by atoms with van der Waals surface area (Å²) in [7, 11) is -2.58. The molecule has 0 spiro atoms. The molecule has 0 N–H and O–H groups in total. The fraction of sp³-hybridized carbons (Fsp3) is 0.176. The van der Waals surface area contributed by atoms with Crippen LogP contribution >= 0.6 is 0 Å². The van der Waals surface area contributed by atoms with Gasteiger partial charge in [0.25, 0.3) is 10.0 Å². The molecule has 2 aromatic rings. The third-order valence-electron chi connectivity index (χ3n) is 3.89. The standard InChI is InChI=1S/C17H14N2O4S/c1-23-15-7-4-6-13-14(20)9-10-19(17(13)15)24(21,22)16-8-3-2-5-12(16)11-18/h2-8H,9-10H2,1H3. The molecule has 1 aliphatic rings. The highest BCUT2D eigenvalue weighted by Gasteiger charge is 2.35. The molecule has 122 valence electrons. The molecule has 0 saturated carbocycles. The molecule has 0 radical (unpaired) electrons. The van der Waals surface area contributed by atoms with Crippen LogP contribution in [0.1, 0.15) is 22.3 Å². The highest BCUT2D eigenvalue weighted by molar-refractivity contribution is 7.93. The molecule has 0 amide bonds. The molecular formula is C17H14N2O4S. The summed E-state index contributed by atoms with van der Waals surface area (Å²) in [5, 5.41) is 9.21. The van der Waals surface area contributed by atoms with Crippen molar-refractivity contribution in [1.82, 2.24) is 0 Å². The number of nitriles is 1. The number of hydrogen-bond acceptors (Lipinski definition) is 5. The fourth-order valence-corrected chi connectivity index (χ4v) is 4.40. The molecule has 3 rings (SSSR count). The molecule has 1 heterocycles. The summed E-state index contributed by atoms with van der Waals surface area (Å²) >= 11 is 0. The predicted octanol–water partition coefficient (Wildman–Crippen LogP) is 2.35. The van der Waals surface area contributed by atoms with Gasteiger partial charge in [0.05, 0.1) is 12.7 Å². The van der Waals surface area contributed by atoms with Crippen molar-refractivity contribution in [2.45, 2.75) is 11.3 Å². The van der Waals surface area contributed by atoms with Crippen molar-refractivity contribution in [1.29, 1.82) is 5.26 Å². The van der Waals surface area contributed by atoms with Gasteiger partial charge >= 0.3 is 0 Å². The minimum absolute atomic E-state index is 0.00824. The maximum absolute atomic E-state index is 13.1. The number of carbonyl (C=O) groups excluding carboxylic acids is 1. The molecular weight excluding hydrogens is 328 g/mol. The van der Waals surface area contributed by atoms with Crippen LogP contribution < -0.4 is 9.04 Å². The van der Waals surface area contributed by atoms with E-state index in [2.05, 4.69) is 0 Å². The van der Waals surface area contributed by atoms with E-state index in [4.69, 9.17) is 4.74 Å². The number of Topliss-reactive ketones (excluding diaryl/α,β-unsaturated/α-hetero) is 1. The van der Waals surface area contributed by atoms with Crippen LogP contribution in [0.5, 0.6) is 5.75 Å². The van der Waals surface area contributed by atoms with Crippen LogP contribution in [0, 0.1) is 11.3 Å². The van der Waals surface area contributed by atoms with E-state index < -0.39 is 10.0 Å². The number of nitrogens with zero attached hydrogens (tertiary/aromatic N) is 2. The van der Waals surface area contributed by atoms with Gasteiger partial charge in [0, 0.05) is 18.5 Å². The van der Waals surface area contributed by atoms with Gasteiger partial charge in [0.15, 0.2) is 5.78 Å². The lowest BCUT2D eigenvalue weighted by atomic mass is 10.0. The normalized spacial score (nSPS) is 14.0. The number of ketones is 1. The lowest BCUT2D eigenvalue weighted by Crippen LogP contribution is -2.38. The number of para-hydroxylation sites is 1. The van der Waals surface area contributed by atoms with Gasteiger partial charge in [0.1, 0.15) is 22.4 Å². The van der Waals surface area contributed by atoms with Crippen molar-refractivity contribution >= 4 is 21.5 Å². The van der Waals surface area contributed by atoms with E-state index in [1.165, 1.54) is 19.2 Å². The van der Waals surface area contributed by atoms with E-state index in [9.17, 15) is 18.5 Å². The molecule has 0 unspecified atom stereocenters. The van der Waals surface area contributed by atoms with E-state index in [0.717, 1.165) is 4.31 Å². The monoisotopic (exact) mass is 342 g/mol. The lowest BCUT2D eigenvalue weighted by molar-refractivity contribution is 0.0981. The topological polar surface area (TPSA) is 87.5 Å². The maximum atomic E-state index is 13.1. The summed E-state index contributed by atoms with van der Waals surface area (Å²) in [5.74, 6) is 0.169. The third kappa shape index (κ3) is 2.41. The maximum Gasteiger partial charge on any atom is 0.265 e. The Labute approximate surface area is 139 Å². The Morgan fingerprint density at radius 3 is 2.62 bits per heavy atom. The molecule has 0 saturated heterocycles. The van der Waals surface area contributed by atoms with E-state index in [-0.39, 0.29) is 34.9 Å². The van der Waals surface area contributed by atoms with Crippen LogP contribution in [0.4, 0.5) is 5.69 Å². The van der Waals surface area contributed by atoms with E-state index in [1.807, 2.05) is 6.07 Å². The van der Waals surface area contributed by atoms with Gasteiger partial charge in [-0.1, -0.05) is 18.2 Å². The summed E-state index contributed by atoms with van der Waals surface area (Å²) in [6.07, 6.45) is 0.0775. The summed E-state index contributed by atoms with van der Waals surface area (Å²) < 4.78 is 32.6. The van der Waals surface area contributed by atoms with Crippen LogP contribution in [0.25, 0.3) is 0 Å². The molecule has 0 aliphatic carbocycles. The minimum atomic E-state index is -4.00. The fourth-order valence-electron chi connectivity index (χ4n) is 2.76. The Bertz CT molecular complexity index is 961. The van der Waals surface area contributed by atoms with Crippen LogP contribution in [-0.4, -0.2) is 27.9 Å². The van der Waals surface area contributed by atoms with Crippen LogP contribution in [-0.2, 0) is 10.0 Å². The summed E-state index contributed by atoms with van der Waals surface area (Å²) in [6.45, 7) is 0.00824. The molecule has 2 aromatic carbocycles. The number of methoxy groups -OCH3 is 1. The van der Waals surface area contributed by atoms with Gasteiger partial charge < -0.3 is 4.74 Å². The number of ether oxygens (including phenoxy) is 1. The second kappa shape index (κ2) is 5.98. The first-order valence-corrected chi connectivity index (χ1v) is 8.66. The first kappa shape index (κ1) is 16.0. The highest BCUT2D eigenvalue weighted by atomic mass is 32.2. The molecule has 7 heteroatoms. The Morgan fingerprint density at radius 2 is 1.92 bits per heavy atom. The average molecular weight is 342 g/mol. The zero-order valence-corrected chi connectivity index (χ0v) is 13.7. The summed E-state index contributed by atoms with van der Waals surface area (Å²) in [4.78, 5) is 12.1. The van der Waals surface area contributed by atoms with Crippen molar-refractivity contribution < 1.29 is 17.9 Å². The molecule has 6 nitrogen and oxygen atoms in total. The molecule has 0 atom stereocenters. The summed E-state index contributed by atoms with van der Waals surface area (Å²) in [5.41, 5.74) is 0.591. The number of benzene rings is 2. The van der Waals surface area contributed by atoms with Crippen LogP contribution in [0.2, 0.25) is 0 Å². The highest BCUT2D eigenvalue weighted by Crippen LogP contribution is 2.39. The largest absolute Gasteiger partial charge is 0.495 e. The SMILES string of the molecule is COc1cccc2c1N(S(=O)(=O)c1ccccc1C#N)CCC2=O. The van der Waals surface area contributed by atoms with Crippen molar-refractivity contribution in [3.8, 4) is 11.8 Å². The minimum Gasteiger partial charge on any atom is -0.495 e. The second-order valence-corrected chi connectivity index (χ2v) is 7.05. The van der Waals surface area contributed by atoms with Gasteiger partial charge in [-0.3, -0.25) is 9.10 Å². The number of carbonyl (C=O) groups is 1. The van der Waals surface area contributed by atoms with Gasteiger partial charge in [-0.05, 0) is 24.3 Å². The predicted molar refractivity (Wildman–Crippen MR) is 87.6 cm³/mol. The third-order valence-corrected chi connectivity index (χ3v) is 5.74. The van der Waals surface area contributed by atoms with E-state index in [0.29, 0.717) is 11.3 Å². The Kier molecular flexibility index (Phi) is 3.99. The van der Waals surface area contributed by atoms with Crippen molar-refractivity contribution in [2.24, 2.45) is 0 Å². The second-order valence-electron chi connectivity index (χ2n) is 5.21. The van der Waals surface area contributed by atoms with Crippen molar-refractivity contribution in [3.05, 3.63) is 53.6 Å². The molecule has 0 bridgehead atoms. The molecule has 24 heavy (non-hydrogen) atoms. The number of anilines is 1. The Morgan fingerprint density at radius 1 is 1.17 bits per heavy atom. The Hall–Kier alpha value is -2.85. The number of hydrogen-bond donors (Lipinski definition) is 0. The van der Waals surface area contributed by atoms with E-state index in [1.54, 1.807) is 30.3 Å². The van der Waals surface area contributed by atoms with E-state index >= 15 is 0 Å². The number of rotatable bonds is 3. The number of sulfonamides is 1. The smallest absolute Gasteiger partial charge is 0.265 e.